The highest BCUT2D eigenvalue weighted by Gasteiger charge is 2.12. The number of nitrogens with zero attached hydrogens (tertiary/aromatic N) is 3. The summed E-state index contributed by atoms with van der Waals surface area (Å²) in [7, 11) is 0. The Labute approximate surface area is 149 Å². The van der Waals surface area contributed by atoms with Crippen LogP contribution in [-0.2, 0) is 0 Å². The van der Waals surface area contributed by atoms with Crippen molar-refractivity contribution in [1.29, 1.82) is 0 Å². The van der Waals surface area contributed by atoms with Crippen LogP contribution in [0.5, 0.6) is 11.5 Å². The zero-order valence-electron chi connectivity index (χ0n) is 13.7. The molecule has 0 radical (unpaired) electrons. The Bertz CT molecular complexity index is 1120. The fraction of sp³-hybridized carbons (Fsp3) is 0.0500. The number of ether oxygens (including phenoxy) is 2. The Balaban J connectivity index is 1.44. The number of fused-ring (bicyclic) bond motifs is 2. The summed E-state index contributed by atoms with van der Waals surface area (Å²) in [5.74, 6) is 2.34. The van der Waals surface area contributed by atoms with Crippen LogP contribution in [0.4, 0.5) is 5.69 Å². The summed E-state index contributed by atoms with van der Waals surface area (Å²) in [4.78, 5) is 16.5. The van der Waals surface area contributed by atoms with E-state index in [9.17, 15) is 0 Å². The Morgan fingerprint density at radius 2 is 1.85 bits per heavy atom. The number of benzene rings is 2. The van der Waals surface area contributed by atoms with E-state index in [1.165, 1.54) is 0 Å². The quantitative estimate of drug-likeness (QED) is 0.569. The highest BCUT2D eigenvalue weighted by molar-refractivity contribution is 5.86. The van der Waals surface area contributed by atoms with Gasteiger partial charge in [0.25, 0.3) is 0 Å². The van der Waals surface area contributed by atoms with Crippen molar-refractivity contribution >= 4 is 22.9 Å². The molecule has 2 aromatic heterocycles. The highest BCUT2D eigenvalue weighted by Crippen LogP contribution is 2.32. The number of aromatic amines is 1. The van der Waals surface area contributed by atoms with E-state index in [4.69, 9.17) is 9.47 Å². The number of imidazole rings is 1. The molecule has 1 aliphatic rings. The third-order valence-corrected chi connectivity index (χ3v) is 4.18. The van der Waals surface area contributed by atoms with Gasteiger partial charge in [0.05, 0.1) is 16.7 Å². The van der Waals surface area contributed by atoms with Gasteiger partial charge >= 0.3 is 0 Å². The molecule has 0 atom stereocenters. The van der Waals surface area contributed by atoms with Crippen LogP contribution < -0.4 is 9.47 Å². The Hall–Kier alpha value is -3.67. The molecule has 0 fully saturated rings. The van der Waals surface area contributed by atoms with Gasteiger partial charge in [0.2, 0.25) is 6.79 Å². The lowest BCUT2D eigenvalue weighted by Crippen LogP contribution is -1.92. The lowest BCUT2D eigenvalue weighted by atomic mass is 10.2. The third kappa shape index (κ3) is 2.67. The van der Waals surface area contributed by atoms with Crippen LogP contribution in [0.2, 0.25) is 0 Å². The third-order valence-electron chi connectivity index (χ3n) is 4.18. The van der Waals surface area contributed by atoms with E-state index in [0.717, 1.165) is 45.2 Å². The molecule has 26 heavy (non-hydrogen) atoms. The topological polar surface area (TPSA) is 72.4 Å². The molecule has 1 aliphatic heterocycles. The predicted molar refractivity (Wildman–Crippen MR) is 99.1 cm³/mol. The number of hydrogen-bond donors (Lipinski definition) is 1. The maximum absolute atomic E-state index is 5.39. The molecule has 0 bridgehead atoms. The van der Waals surface area contributed by atoms with E-state index in [1.54, 1.807) is 12.4 Å². The second-order valence-corrected chi connectivity index (χ2v) is 5.89. The number of aromatic nitrogens is 3. The zero-order valence-corrected chi connectivity index (χ0v) is 13.7. The predicted octanol–water partition coefficient (Wildman–Crippen LogP) is 4.10. The van der Waals surface area contributed by atoms with Gasteiger partial charge in [-0.25, -0.2) is 4.98 Å². The Kier molecular flexibility index (Phi) is 3.38. The van der Waals surface area contributed by atoms with Crippen molar-refractivity contribution in [2.45, 2.75) is 0 Å². The van der Waals surface area contributed by atoms with Gasteiger partial charge in [0.1, 0.15) is 5.82 Å². The number of pyridine rings is 1. The second kappa shape index (κ2) is 6.00. The molecule has 6 heteroatoms. The summed E-state index contributed by atoms with van der Waals surface area (Å²) in [6, 6.07) is 15.5. The number of hydrogen-bond acceptors (Lipinski definition) is 5. The van der Waals surface area contributed by atoms with Gasteiger partial charge in [-0.1, -0.05) is 0 Å². The normalized spacial score (nSPS) is 12.9. The molecule has 4 aromatic rings. The molecule has 0 spiro atoms. The number of aliphatic imine (C=N–C) groups is 1. The molecule has 0 amide bonds. The first-order valence-electron chi connectivity index (χ1n) is 8.19. The minimum absolute atomic E-state index is 0.270. The molecule has 2 aromatic carbocycles. The lowest BCUT2D eigenvalue weighted by molar-refractivity contribution is 0.174. The molecule has 126 valence electrons. The molecule has 5 rings (SSSR count). The van der Waals surface area contributed by atoms with Gasteiger partial charge in [-0.3, -0.25) is 9.98 Å². The van der Waals surface area contributed by atoms with Crippen molar-refractivity contribution in [2.75, 3.05) is 6.79 Å². The van der Waals surface area contributed by atoms with Crippen molar-refractivity contribution in [3.63, 3.8) is 0 Å². The largest absolute Gasteiger partial charge is 0.454 e. The molecule has 3 heterocycles. The van der Waals surface area contributed by atoms with E-state index in [1.807, 2.05) is 54.7 Å². The maximum atomic E-state index is 5.39. The van der Waals surface area contributed by atoms with Crippen molar-refractivity contribution in [2.24, 2.45) is 4.99 Å². The summed E-state index contributed by atoms with van der Waals surface area (Å²) < 4.78 is 10.7. The van der Waals surface area contributed by atoms with Crippen molar-refractivity contribution in [3.05, 3.63) is 66.5 Å². The summed E-state index contributed by atoms with van der Waals surface area (Å²) in [6.45, 7) is 0.270. The maximum Gasteiger partial charge on any atom is 0.231 e. The van der Waals surface area contributed by atoms with Gasteiger partial charge < -0.3 is 14.5 Å². The average molecular weight is 342 g/mol. The molecule has 0 aliphatic carbocycles. The molecular formula is C20H14N4O2. The van der Waals surface area contributed by atoms with Crippen LogP contribution in [0.15, 0.2) is 65.9 Å². The number of rotatable bonds is 3. The van der Waals surface area contributed by atoms with Crippen molar-refractivity contribution in [3.8, 4) is 22.9 Å². The van der Waals surface area contributed by atoms with Gasteiger partial charge in [-0.15, -0.1) is 0 Å². The number of nitrogens with one attached hydrogen (secondary N) is 1. The van der Waals surface area contributed by atoms with Crippen LogP contribution >= 0.6 is 0 Å². The van der Waals surface area contributed by atoms with E-state index in [0.29, 0.717) is 0 Å². The first-order chi connectivity index (χ1) is 12.8. The molecule has 6 nitrogen and oxygen atoms in total. The average Bonchev–Trinajstić information content (AvgIpc) is 3.33. The Morgan fingerprint density at radius 3 is 2.77 bits per heavy atom. The monoisotopic (exact) mass is 342 g/mol. The van der Waals surface area contributed by atoms with E-state index < -0.39 is 0 Å². The van der Waals surface area contributed by atoms with E-state index in [2.05, 4.69) is 19.9 Å². The molecule has 0 unspecified atom stereocenters. The van der Waals surface area contributed by atoms with Crippen LogP contribution in [0, 0.1) is 0 Å². The molecule has 0 saturated carbocycles. The van der Waals surface area contributed by atoms with Crippen LogP contribution in [-0.4, -0.2) is 28.0 Å². The molecule has 0 saturated heterocycles. The van der Waals surface area contributed by atoms with Crippen LogP contribution in [0.3, 0.4) is 0 Å². The summed E-state index contributed by atoms with van der Waals surface area (Å²) in [5, 5.41) is 0. The van der Waals surface area contributed by atoms with Crippen LogP contribution in [0.1, 0.15) is 5.56 Å². The Morgan fingerprint density at radius 1 is 0.962 bits per heavy atom. The van der Waals surface area contributed by atoms with Crippen LogP contribution in [0.25, 0.3) is 22.4 Å². The molecular weight excluding hydrogens is 328 g/mol. The van der Waals surface area contributed by atoms with Gasteiger partial charge in [-0.05, 0) is 54.1 Å². The van der Waals surface area contributed by atoms with Crippen molar-refractivity contribution in [1.82, 2.24) is 15.0 Å². The second-order valence-electron chi connectivity index (χ2n) is 5.89. The smallest absolute Gasteiger partial charge is 0.231 e. The summed E-state index contributed by atoms with van der Waals surface area (Å²) >= 11 is 0. The minimum Gasteiger partial charge on any atom is -0.454 e. The van der Waals surface area contributed by atoms with Gasteiger partial charge in [0.15, 0.2) is 11.5 Å². The zero-order chi connectivity index (χ0) is 17.3. The summed E-state index contributed by atoms with van der Waals surface area (Å²) in [5.41, 5.74) is 4.65. The van der Waals surface area contributed by atoms with E-state index >= 15 is 0 Å². The van der Waals surface area contributed by atoms with Crippen molar-refractivity contribution < 1.29 is 9.47 Å². The SMILES string of the molecule is C(=Nc1ccc2nc(-c3ccncc3)[nH]c2c1)c1ccc2c(c1)OCO2. The number of H-pyrrole nitrogens is 1. The fourth-order valence-corrected chi connectivity index (χ4v) is 2.87. The van der Waals surface area contributed by atoms with Gasteiger partial charge in [0, 0.05) is 24.2 Å². The lowest BCUT2D eigenvalue weighted by Gasteiger charge is -1.98. The summed E-state index contributed by atoms with van der Waals surface area (Å²) in [6.07, 6.45) is 5.32. The fourth-order valence-electron chi connectivity index (χ4n) is 2.87. The highest BCUT2D eigenvalue weighted by atomic mass is 16.7. The van der Waals surface area contributed by atoms with E-state index in [-0.39, 0.29) is 6.79 Å². The first kappa shape index (κ1) is 14.7. The first-order valence-corrected chi connectivity index (χ1v) is 8.19. The standard InChI is InChI=1S/C20H14N4O2/c1-4-18-19(26-12-25-18)9-13(1)11-22-15-2-3-16-17(10-15)24-20(23-16)14-5-7-21-8-6-14/h1-11H,12H2,(H,23,24). The minimum atomic E-state index is 0.270. The molecule has 1 N–H and O–H groups in total. The van der Waals surface area contributed by atoms with Gasteiger partial charge in [-0.2, -0.15) is 0 Å².